The molecule has 5 nitrogen and oxygen atoms in total. The zero-order valence-corrected chi connectivity index (χ0v) is 10.2. The molecule has 0 fully saturated rings. The number of hydrogen-bond acceptors (Lipinski definition) is 5. The first-order valence-corrected chi connectivity index (χ1v) is 5.31. The van der Waals surface area contributed by atoms with Crippen LogP contribution in [-0.2, 0) is 4.74 Å². The predicted molar refractivity (Wildman–Crippen MR) is 65.0 cm³/mol. The highest BCUT2D eigenvalue weighted by molar-refractivity contribution is 5.98. The molecule has 1 aromatic heterocycles. The second kappa shape index (κ2) is 4.18. The number of benzene rings is 1. The summed E-state index contributed by atoms with van der Waals surface area (Å²) < 4.78 is 9.62. The zero-order chi connectivity index (χ0) is 13.4. The number of phenols is 1. The van der Waals surface area contributed by atoms with E-state index in [2.05, 4.69) is 4.74 Å². The van der Waals surface area contributed by atoms with Crippen LogP contribution >= 0.6 is 0 Å². The summed E-state index contributed by atoms with van der Waals surface area (Å²) in [5.74, 6) is -0.918. The maximum atomic E-state index is 11.5. The molecule has 0 saturated carbocycles. The number of aromatic hydroxyl groups is 1. The van der Waals surface area contributed by atoms with E-state index in [1.165, 1.54) is 19.2 Å². The van der Waals surface area contributed by atoms with Crippen molar-refractivity contribution in [3.63, 3.8) is 0 Å². The number of esters is 1. The molecule has 2 aromatic rings. The van der Waals surface area contributed by atoms with Gasteiger partial charge >= 0.3 is 11.6 Å². The predicted octanol–water partition coefficient (Wildman–Crippen LogP) is 1.90. The Morgan fingerprint density at radius 1 is 1.28 bits per heavy atom. The minimum atomic E-state index is -0.641. The summed E-state index contributed by atoms with van der Waals surface area (Å²) in [6, 6.07) is 2.71. The first-order valence-electron chi connectivity index (χ1n) is 5.31. The molecular formula is C13H12O5. The quantitative estimate of drug-likeness (QED) is 0.616. The van der Waals surface area contributed by atoms with E-state index in [1.54, 1.807) is 13.8 Å². The van der Waals surface area contributed by atoms with E-state index in [0.717, 1.165) is 0 Å². The number of aryl methyl sites for hydroxylation is 1. The molecule has 1 aromatic carbocycles. The smallest absolute Gasteiger partial charge is 0.341 e. The number of methoxy groups -OCH3 is 1. The van der Waals surface area contributed by atoms with Crippen molar-refractivity contribution in [1.29, 1.82) is 0 Å². The van der Waals surface area contributed by atoms with Crippen molar-refractivity contribution < 1.29 is 19.1 Å². The highest BCUT2D eigenvalue weighted by Crippen LogP contribution is 2.27. The molecule has 0 spiro atoms. The molecule has 5 heteroatoms. The maximum Gasteiger partial charge on any atom is 0.341 e. The fourth-order valence-electron chi connectivity index (χ4n) is 1.75. The summed E-state index contributed by atoms with van der Waals surface area (Å²) in [5.41, 5.74) is 1.02. The molecule has 0 amide bonds. The Hall–Kier alpha value is -2.30. The number of rotatable bonds is 1. The van der Waals surface area contributed by atoms with Crippen molar-refractivity contribution in [2.24, 2.45) is 0 Å². The van der Waals surface area contributed by atoms with Crippen LogP contribution in [0.2, 0.25) is 0 Å². The molecule has 0 unspecified atom stereocenters. The Morgan fingerprint density at radius 2 is 1.94 bits per heavy atom. The third kappa shape index (κ3) is 1.73. The van der Waals surface area contributed by atoms with E-state index in [4.69, 9.17) is 4.42 Å². The Morgan fingerprint density at radius 3 is 2.56 bits per heavy atom. The van der Waals surface area contributed by atoms with Crippen molar-refractivity contribution >= 4 is 16.9 Å². The average molecular weight is 248 g/mol. The molecule has 94 valence electrons. The fraction of sp³-hybridized carbons (Fsp3) is 0.231. The second-order valence-corrected chi connectivity index (χ2v) is 4.00. The topological polar surface area (TPSA) is 76.7 Å². The minimum absolute atomic E-state index is 0.0429. The second-order valence-electron chi connectivity index (χ2n) is 4.00. The van der Waals surface area contributed by atoms with Gasteiger partial charge in [-0.2, -0.15) is 0 Å². The highest BCUT2D eigenvalue weighted by Gasteiger charge is 2.16. The Labute approximate surface area is 103 Å². The van der Waals surface area contributed by atoms with Gasteiger partial charge in [-0.3, -0.25) is 0 Å². The third-order valence-corrected chi connectivity index (χ3v) is 2.98. The van der Waals surface area contributed by atoms with Crippen LogP contribution in [0.1, 0.15) is 21.5 Å². The first-order chi connectivity index (χ1) is 8.45. The van der Waals surface area contributed by atoms with Crippen LogP contribution in [0, 0.1) is 13.8 Å². The lowest BCUT2D eigenvalue weighted by Gasteiger charge is -2.07. The molecule has 0 saturated heterocycles. The highest BCUT2D eigenvalue weighted by atomic mass is 16.5. The lowest BCUT2D eigenvalue weighted by atomic mass is 10.0. The Bertz CT molecular complexity index is 697. The molecule has 0 aliphatic carbocycles. The molecule has 18 heavy (non-hydrogen) atoms. The molecule has 0 atom stereocenters. The number of ether oxygens (including phenoxy) is 1. The summed E-state index contributed by atoms with van der Waals surface area (Å²) >= 11 is 0. The van der Waals surface area contributed by atoms with Crippen molar-refractivity contribution in [3.05, 3.63) is 39.2 Å². The van der Waals surface area contributed by atoms with Gasteiger partial charge in [-0.05, 0) is 25.5 Å². The molecule has 0 aliphatic heterocycles. The normalized spacial score (nSPS) is 10.6. The SMILES string of the molecule is COC(=O)c1cc2c(C)c(C)c(=O)oc2cc1O. The van der Waals surface area contributed by atoms with Gasteiger partial charge < -0.3 is 14.3 Å². The summed E-state index contributed by atoms with van der Waals surface area (Å²) in [6.07, 6.45) is 0. The molecule has 0 aliphatic rings. The zero-order valence-electron chi connectivity index (χ0n) is 10.2. The minimum Gasteiger partial charge on any atom is -0.507 e. The van der Waals surface area contributed by atoms with Gasteiger partial charge in [0.05, 0.1) is 7.11 Å². The van der Waals surface area contributed by atoms with E-state index in [-0.39, 0.29) is 16.9 Å². The van der Waals surface area contributed by atoms with E-state index < -0.39 is 11.6 Å². The van der Waals surface area contributed by atoms with Crippen LogP contribution in [0.25, 0.3) is 11.0 Å². The van der Waals surface area contributed by atoms with Gasteiger partial charge in [-0.15, -0.1) is 0 Å². The van der Waals surface area contributed by atoms with Crippen molar-refractivity contribution in [1.82, 2.24) is 0 Å². The maximum absolute atomic E-state index is 11.5. The largest absolute Gasteiger partial charge is 0.507 e. The molecular weight excluding hydrogens is 236 g/mol. The van der Waals surface area contributed by atoms with Gasteiger partial charge in [-0.1, -0.05) is 0 Å². The number of carbonyl (C=O) groups is 1. The summed E-state index contributed by atoms with van der Waals surface area (Å²) in [5, 5.41) is 10.3. The number of hydrogen-bond donors (Lipinski definition) is 1. The molecule has 2 rings (SSSR count). The summed E-state index contributed by atoms with van der Waals surface area (Å²) in [6.45, 7) is 3.40. The molecule has 0 bridgehead atoms. The lowest BCUT2D eigenvalue weighted by molar-refractivity contribution is 0.0597. The number of fused-ring (bicyclic) bond motifs is 1. The van der Waals surface area contributed by atoms with Gasteiger partial charge in [0.1, 0.15) is 16.9 Å². The first kappa shape index (κ1) is 12.2. The van der Waals surface area contributed by atoms with E-state index >= 15 is 0 Å². The van der Waals surface area contributed by atoms with Crippen molar-refractivity contribution in [2.75, 3.05) is 7.11 Å². The van der Waals surface area contributed by atoms with Crippen LogP contribution in [-0.4, -0.2) is 18.2 Å². The number of phenolic OH excluding ortho intramolecular Hbond substituents is 1. The number of carbonyl (C=O) groups excluding carboxylic acids is 1. The third-order valence-electron chi connectivity index (χ3n) is 2.98. The Balaban J connectivity index is 2.86. The van der Waals surface area contributed by atoms with E-state index in [0.29, 0.717) is 16.5 Å². The van der Waals surface area contributed by atoms with Crippen molar-refractivity contribution in [3.8, 4) is 5.75 Å². The van der Waals surface area contributed by atoms with Crippen LogP contribution < -0.4 is 5.63 Å². The van der Waals surface area contributed by atoms with Gasteiger partial charge in [0.2, 0.25) is 0 Å². The monoisotopic (exact) mass is 248 g/mol. The van der Waals surface area contributed by atoms with Gasteiger partial charge in [0.25, 0.3) is 0 Å². The van der Waals surface area contributed by atoms with Gasteiger partial charge in [-0.25, -0.2) is 9.59 Å². The molecule has 0 radical (unpaired) electrons. The van der Waals surface area contributed by atoms with Crippen LogP contribution in [0.4, 0.5) is 0 Å². The summed E-state index contributed by atoms with van der Waals surface area (Å²) in [4.78, 5) is 23.0. The Kier molecular flexibility index (Phi) is 2.82. The molecule has 1 heterocycles. The van der Waals surface area contributed by atoms with Crippen molar-refractivity contribution in [2.45, 2.75) is 13.8 Å². The van der Waals surface area contributed by atoms with Crippen LogP contribution in [0.5, 0.6) is 5.75 Å². The van der Waals surface area contributed by atoms with Gasteiger partial charge in [0, 0.05) is 17.0 Å². The molecule has 1 N–H and O–H groups in total. The average Bonchev–Trinajstić information content (AvgIpc) is 2.35. The van der Waals surface area contributed by atoms with E-state index in [9.17, 15) is 14.7 Å². The van der Waals surface area contributed by atoms with Crippen LogP contribution in [0.15, 0.2) is 21.3 Å². The van der Waals surface area contributed by atoms with E-state index in [1.807, 2.05) is 0 Å². The van der Waals surface area contributed by atoms with Crippen LogP contribution in [0.3, 0.4) is 0 Å². The summed E-state index contributed by atoms with van der Waals surface area (Å²) in [7, 11) is 1.23. The van der Waals surface area contributed by atoms with Gasteiger partial charge in [0.15, 0.2) is 0 Å². The lowest BCUT2D eigenvalue weighted by Crippen LogP contribution is -2.07. The standard InChI is InChI=1S/C13H12O5/c1-6-7(2)12(15)18-11-5-10(14)9(4-8(6)11)13(16)17-3/h4-5,14H,1-3H3. The fourth-order valence-corrected chi connectivity index (χ4v) is 1.75.